The molecule has 5 heteroatoms. The van der Waals surface area contributed by atoms with Gasteiger partial charge in [0, 0.05) is 24.8 Å². The van der Waals surface area contributed by atoms with Crippen LogP contribution >= 0.6 is 0 Å². The standard InChI is InChI=1S/C22H25FN2O2/c23-19-4-1-2-5-21(19)27-16-22(26)9-3-12-25(13-10-22)15-17-6-7-20-18(14-17)8-11-24-20/h1-2,4-8,11,14,24,26H,3,9-10,12-13,15-16H2/t22-/m1/s1. The molecule has 2 aromatic carbocycles. The van der Waals surface area contributed by atoms with Gasteiger partial charge in [0.15, 0.2) is 11.6 Å². The van der Waals surface area contributed by atoms with Gasteiger partial charge in [-0.05, 0) is 67.1 Å². The van der Waals surface area contributed by atoms with Crippen molar-refractivity contribution >= 4 is 10.9 Å². The molecule has 4 rings (SSSR count). The fourth-order valence-electron chi connectivity index (χ4n) is 3.77. The zero-order valence-corrected chi connectivity index (χ0v) is 15.3. The average Bonchev–Trinajstić information content (AvgIpc) is 3.05. The van der Waals surface area contributed by atoms with E-state index in [-0.39, 0.29) is 12.4 Å². The van der Waals surface area contributed by atoms with Gasteiger partial charge < -0.3 is 14.8 Å². The second-order valence-corrected chi connectivity index (χ2v) is 7.47. The lowest BCUT2D eigenvalue weighted by Gasteiger charge is -2.27. The number of fused-ring (bicyclic) bond motifs is 1. The van der Waals surface area contributed by atoms with Gasteiger partial charge in [0.2, 0.25) is 0 Å². The van der Waals surface area contributed by atoms with Crippen LogP contribution in [0.2, 0.25) is 0 Å². The zero-order chi connectivity index (χ0) is 18.7. The van der Waals surface area contributed by atoms with Crippen LogP contribution in [0.15, 0.2) is 54.7 Å². The van der Waals surface area contributed by atoms with Crippen molar-refractivity contribution < 1.29 is 14.2 Å². The van der Waals surface area contributed by atoms with Crippen molar-refractivity contribution in [1.29, 1.82) is 0 Å². The Morgan fingerprint density at radius 3 is 2.89 bits per heavy atom. The number of hydrogen-bond acceptors (Lipinski definition) is 3. The van der Waals surface area contributed by atoms with Crippen LogP contribution in [0, 0.1) is 5.82 Å². The molecule has 142 valence electrons. The number of benzene rings is 2. The first-order chi connectivity index (χ1) is 13.1. The highest BCUT2D eigenvalue weighted by Crippen LogP contribution is 2.26. The minimum Gasteiger partial charge on any atom is -0.488 e. The largest absolute Gasteiger partial charge is 0.488 e. The Kier molecular flexibility index (Phi) is 5.14. The number of ether oxygens (including phenoxy) is 1. The minimum atomic E-state index is -0.915. The van der Waals surface area contributed by atoms with E-state index in [9.17, 15) is 9.50 Å². The number of H-pyrrole nitrogens is 1. The van der Waals surface area contributed by atoms with Crippen molar-refractivity contribution in [2.24, 2.45) is 0 Å². The predicted octanol–water partition coefficient (Wildman–Crippen LogP) is 4.10. The van der Waals surface area contributed by atoms with Crippen molar-refractivity contribution in [3.8, 4) is 5.75 Å². The van der Waals surface area contributed by atoms with Crippen LogP contribution in [-0.4, -0.2) is 40.3 Å². The first-order valence-electron chi connectivity index (χ1n) is 9.49. The third-order valence-corrected chi connectivity index (χ3v) is 5.37. The van der Waals surface area contributed by atoms with E-state index >= 15 is 0 Å². The molecule has 1 fully saturated rings. The Labute approximate surface area is 158 Å². The molecule has 4 nitrogen and oxygen atoms in total. The van der Waals surface area contributed by atoms with Crippen molar-refractivity contribution in [3.05, 3.63) is 66.1 Å². The van der Waals surface area contributed by atoms with Crippen LogP contribution in [0.3, 0.4) is 0 Å². The first kappa shape index (κ1) is 18.0. The molecule has 1 saturated heterocycles. The number of hydrogen-bond donors (Lipinski definition) is 2. The Bertz CT molecular complexity index is 910. The molecule has 3 aromatic rings. The van der Waals surface area contributed by atoms with Gasteiger partial charge in [0.05, 0.1) is 5.60 Å². The number of aromatic amines is 1. The van der Waals surface area contributed by atoms with Gasteiger partial charge in [-0.2, -0.15) is 0 Å². The van der Waals surface area contributed by atoms with E-state index < -0.39 is 11.4 Å². The number of aliphatic hydroxyl groups is 1. The number of halogens is 1. The van der Waals surface area contributed by atoms with E-state index in [0.717, 1.165) is 31.6 Å². The van der Waals surface area contributed by atoms with Crippen LogP contribution in [0.25, 0.3) is 10.9 Å². The maximum atomic E-state index is 13.7. The normalized spacial score (nSPS) is 21.3. The summed E-state index contributed by atoms with van der Waals surface area (Å²) in [5, 5.41) is 12.1. The number of para-hydroxylation sites is 1. The fourth-order valence-corrected chi connectivity index (χ4v) is 3.77. The first-order valence-corrected chi connectivity index (χ1v) is 9.49. The van der Waals surface area contributed by atoms with E-state index in [0.29, 0.717) is 12.8 Å². The number of aromatic nitrogens is 1. The van der Waals surface area contributed by atoms with Crippen molar-refractivity contribution in [3.63, 3.8) is 0 Å². The van der Waals surface area contributed by atoms with E-state index in [4.69, 9.17) is 4.74 Å². The molecule has 1 aromatic heterocycles. The van der Waals surface area contributed by atoms with Gasteiger partial charge in [-0.15, -0.1) is 0 Å². The maximum absolute atomic E-state index is 13.7. The lowest BCUT2D eigenvalue weighted by Crippen LogP contribution is -2.37. The van der Waals surface area contributed by atoms with E-state index in [1.807, 2.05) is 6.20 Å². The van der Waals surface area contributed by atoms with E-state index in [1.165, 1.54) is 17.0 Å². The van der Waals surface area contributed by atoms with Crippen molar-refractivity contribution in [2.75, 3.05) is 19.7 Å². The van der Waals surface area contributed by atoms with Crippen molar-refractivity contribution in [1.82, 2.24) is 9.88 Å². The Hall–Kier alpha value is -2.37. The third kappa shape index (κ3) is 4.31. The summed E-state index contributed by atoms with van der Waals surface area (Å²) in [6.45, 7) is 2.72. The van der Waals surface area contributed by atoms with Gasteiger partial charge in [-0.1, -0.05) is 18.2 Å². The molecule has 0 bridgehead atoms. The summed E-state index contributed by atoms with van der Waals surface area (Å²) in [7, 11) is 0. The van der Waals surface area contributed by atoms with Gasteiger partial charge in [0.25, 0.3) is 0 Å². The molecule has 1 atom stereocenters. The highest BCUT2D eigenvalue weighted by atomic mass is 19.1. The molecule has 1 aliphatic rings. The molecule has 27 heavy (non-hydrogen) atoms. The summed E-state index contributed by atoms with van der Waals surface area (Å²) in [5.41, 5.74) is 1.51. The summed E-state index contributed by atoms with van der Waals surface area (Å²) in [4.78, 5) is 5.59. The zero-order valence-electron chi connectivity index (χ0n) is 15.3. The molecule has 0 aliphatic carbocycles. The fraction of sp³-hybridized carbons (Fsp3) is 0.364. The summed E-state index contributed by atoms with van der Waals surface area (Å²) in [5.74, 6) is -0.191. The van der Waals surface area contributed by atoms with E-state index in [1.54, 1.807) is 18.2 Å². The molecule has 0 radical (unpaired) electrons. The highest BCUT2D eigenvalue weighted by molar-refractivity contribution is 5.79. The lowest BCUT2D eigenvalue weighted by atomic mass is 9.96. The molecule has 2 N–H and O–H groups in total. The second kappa shape index (κ2) is 7.71. The van der Waals surface area contributed by atoms with Gasteiger partial charge in [-0.25, -0.2) is 4.39 Å². The Morgan fingerprint density at radius 1 is 1.11 bits per heavy atom. The predicted molar refractivity (Wildman–Crippen MR) is 104 cm³/mol. The van der Waals surface area contributed by atoms with Gasteiger partial charge in [0.1, 0.15) is 6.61 Å². The molecular formula is C22H25FN2O2. The topological polar surface area (TPSA) is 48.5 Å². The van der Waals surface area contributed by atoms with Gasteiger partial charge in [-0.3, -0.25) is 4.90 Å². The highest BCUT2D eigenvalue weighted by Gasteiger charge is 2.31. The SMILES string of the molecule is O[C@]1(COc2ccccc2F)CCCN(Cc2ccc3[nH]ccc3c2)CC1. The summed E-state index contributed by atoms with van der Waals surface area (Å²) in [6, 6.07) is 14.9. The molecule has 0 unspecified atom stereocenters. The van der Waals surface area contributed by atoms with Crippen LogP contribution in [-0.2, 0) is 6.54 Å². The average molecular weight is 368 g/mol. The molecule has 0 spiro atoms. The number of likely N-dealkylation sites (tertiary alicyclic amines) is 1. The quantitative estimate of drug-likeness (QED) is 0.713. The Balaban J connectivity index is 1.35. The second-order valence-electron chi connectivity index (χ2n) is 7.47. The van der Waals surface area contributed by atoms with Crippen molar-refractivity contribution in [2.45, 2.75) is 31.4 Å². The van der Waals surface area contributed by atoms with Crippen LogP contribution < -0.4 is 4.74 Å². The molecular weight excluding hydrogens is 343 g/mol. The summed E-state index contributed by atoms with van der Waals surface area (Å²) < 4.78 is 19.3. The summed E-state index contributed by atoms with van der Waals surface area (Å²) >= 11 is 0. The van der Waals surface area contributed by atoms with Crippen LogP contribution in [0.5, 0.6) is 5.75 Å². The smallest absolute Gasteiger partial charge is 0.165 e. The third-order valence-electron chi connectivity index (χ3n) is 5.37. The minimum absolute atomic E-state index is 0.122. The Morgan fingerprint density at radius 2 is 2.00 bits per heavy atom. The number of nitrogens with zero attached hydrogens (tertiary/aromatic N) is 1. The van der Waals surface area contributed by atoms with Crippen LogP contribution in [0.4, 0.5) is 4.39 Å². The molecule has 2 heterocycles. The van der Waals surface area contributed by atoms with E-state index in [2.05, 4.69) is 34.1 Å². The maximum Gasteiger partial charge on any atom is 0.165 e. The molecule has 0 saturated carbocycles. The van der Waals surface area contributed by atoms with Crippen LogP contribution in [0.1, 0.15) is 24.8 Å². The number of nitrogens with one attached hydrogen (secondary N) is 1. The summed E-state index contributed by atoms with van der Waals surface area (Å²) in [6.07, 6.45) is 4.13. The van der Waals surface area contributed by atoms with Gasteiger partial charge >= 0.3 is 0 Å². The number of rotatable bonds is 5. The molecule has 1 aliphatic heterocycles. The lowest BCUT2D eigenvalue weighted by molar-refractivity contribution is -0.0177. The molecule has 0 amide bonds. The monoisotopic (exact) mass is 368 g/mol.